The van der Waals surface area contributed by atoms with Crippen LogP contribution >= 0.6 is 0 Å². The number of sulfonamides is 1. The highest BCUT2D eigenvalue weighted by Crippen LogP contribution is 2.31. The number of anilines is 2. The van der Waals surface area contributed by atoms with Crippen molar-refractivity contribution in [2.45, 2.75) is 32.6 Å². The number of nitriles is 1. The summed E-state index contributed by atoms with van der Waals surface area (Å²) in [6.45, 7) is 9.49. The predicted octanol–water partition coefficient (Wildman–Crippen LogP) is 4.12. The number of methoxy groups -OCH3 is 1. The molecule has 2 aromatic carbocycles. The summed E-state index contributed by atoms with van der Waals surface area (Å²) in [5.41, 5.74) is 1.57. The highest BCUT2D eigenvalue weighted by atomic mass is 32.2. The smallest absolute Gasteiger partial charge is 0.266 e. The molecule has 0 saturated heterocycles. The maximum atomic E-state index is 13.1. The van der Waals surface area contributed by atoms with Gasteiger partial charge < -0.3 is 15.0 Å². The highest BCUT2D eigenvalue weighted by Gasteiger charge is 2.24. The van der Waals surface area contributed by atoms with Crippen LogP contribution in [0.2, 0.25) is 0 Å². The lowest BCUT2D eigenvalue weighted by Crippen LogP contribution is -2.31. The molecule has 8 nitrogen and oxygen atoms in total. The minimum Gasteiger partial charge on any atom is -0.497 e. The lowest BCUT2D eigenvalue weighted by atomic mass is 10.1. The Balaban J connectivity index is 2.50. The van der Waals surface area contributed by atoms with Gasteiger partial charge in [-0.25, -0.2) is 8.42 Å². The molecular weight excluding hydrogens is 452 g/mol. The normalized spacial score (nSPS) is 11.7. The van der Waals surface area contributed by atoms with Gasteiger partial charge in [0.1, 0.15) is 17.4 Å². The minimum atomic E-state index is -3.72. The third-order valence-corrected chi connectivity index (χ3v) is 7.50. The molecule has 0 spiro atoms. The Kier molecular flexibility index (Phi) is 9.66. The van der Waals surface area contributed by atoms with E-state index in [4.69, 9.17) is 4.74 Å². The van der Waals surface area contributed by atoms with Crippen molar-refractivity contribution in [2.24, 2.45) is 0 Å². The van der Waals surface area contributed by atoms with E-state index in [9.17, 15) is 18.5 Å². The van der Waals surface area contributed by atoms with Gasteiger partial charge in [0, 0.05) is 26.2 Å². The largest absolute Gasteiger partial charge is 0.497 e. The van der Waals surface area contributed by atoms with Crippen molar-refractivity contribution < 1.29 is 17.9 Å². The van der Waals surface area contributed by atoms with E-state index in [-0.39, 0.29) is 10.5 Å². The molecule has 0 fully saturated rings. The summed E-state index contributed by atoms with van der Waals surface area (Å²) in [5.74, 6) is 0.0410. The first-order chi connectivity index (χ1) is 16.2. The first kappa shape index (κ1) is 26.9. The van der Waals surface area contributed by atoms with E-state index < -0.39 is 15.9 Å². The zero-order valence-electron chi connectivity index (χ0n) is 20.3. The molecule has 2 rings (SSSR count). The van der Waals surface area contributed by atoms with E-state index in [0.29, 0.717) is 48.9 Å². The molecule has 0 unspecified atom stereocenters. The van der Waals surface area contributed by atoms with Gasteiger partial charge in [0.15, 0.2) is 0 Å². The molecule has 182 valence electrons. The lowest BCUT2D eigenvalue weighted by molar-refractivity contribution is -0.112. The number of hydrogen-bond acceptors (Lipinski definition) is 6. The molecule has 9 heteroatoms. The number of ether oxygens (including phenoxy) is 1. The summed E-state index contributed by atoms with van der Waals surface area (Å²) in [7, 11) is -2.17. The van der Waals surface area contributed by atoms with Crippen LogP contribution < -0.4 is 15.0 Å². The van der Waals surface area contributed by atoms with Crippen molar-refractivity contribution in [3.05, 3.63) is 53.6 Å². The number of carbonyl (C=O) groups is 1. The monoisotopic (exact) mass is 484 g/mol. The summed E-state index contributed by atoms with van der Waals surface area (Å²) in [6, 6.07) is 13.6. The van der Waals surface area contributed by atoms with Gasteiger partial charge in [-0.05, 0) is 55.8 Å². The molecule has 1 amide bonds. The maximum absolute atomic E-state index is 13.1. The van der Waals surface area contributed by atoms with Gasteiger partial charge in [-0.2, -0.15) is 9.57 Å². The van der Waals surface area contributed by atoms with E-state index in [1.165, 1.54) is 16.4 Å². The molecule has 0 atom stereocenters. The van der Waals surface area contributed by atoms with E-state index in [2.05, 4.69) is 5.32 Å². The third kappa shape index (κ3) is 6.16. The van der Waals surface area contributed by atoms with Crippen LogP contribution in [-0.4, -0.2) is 51.9 Å². The molecule has 0 aliphatic heterocycles. The second kappa shape index (κ2) is 12.2. The van der Waals surface area contributed by atoms with E-state index in [1.807, 2.05) is 24.8 Å². The Morgan fingerprint density at radius 3 is 2.15 bits per heavy atom. The van der Waals surface area contributed by atoms with Gasteiger partial charge in [-0.3, -0.25) is 4.79 Å². The zero-order valence-corrected chi connectivity index (χ0v) is 21.1. The molecule has 0 aliphatic carbocycles. The molecule has 0 aliphatic rings. The Morgan fingerprint density at radius 1 is 1.03 bits per heavy atom. The van der Waals surface area contributed by atoms with Crippen LogP contribution in [0.1, 0.15) is 33.3 Å². The number of amides is 1. The fraction of sp³-hybridized carbons (Fsp3) is 0.360. The van der Waals surface area contributed by atoms with Crippen LogP contribution in [0, 0.1) is 11.3 Å². The van der Waals surface area contributed by atoms with Gasteiger partial charge in [-0.1, -0.05) is 26.0 Å². The van der Waals surface area contributed by atoms with E-state index in [0.717, 1.165) is 0 Å². The standard InChI is InChI=1S/C25H32N4O4S/c1-6-28(7-2)24-15-14-22(34(31,32)29(8-3)9-4)17-23(24)27-25(30)20(18-26)16-19-10-12-21(33-5)13-11-19/h10-17H,6-9H2,1-5H3,(H,27,30). The number of carbonyl (C=O) groups excluding carboxylic acids is 1. The Bertz CT molecular complexity index is 1160. The van der Waals surface area contributed by atoms with Crippen molar-refractivity contribution in [2.75, 3.05) is 43.5 Å². The fourth-order valence-electron chi connectivity index (χ4n) is 3.53. The Morgan fingerprint density at radius 2 is 1.65 bits per heavy atom. The average molecular weight is 485 g/mol. The number of benzene rings is 2. The molecule has 0 bridgehead atoms. The summed E-state index contributed by atoms with van der Waals surface area (Å²) < 4.78 is 32.6. The molecule has 0 radical (unpaired) electrons. The quantitative estimate of drug-likeness (QED) is 0.380. The molecular formula is C25H32N4O4S. The predicted molar refractivity (Wildman–Crippen MR) is 135 cm³/mol. The first-order valence-electron chi connectivity index (χ1n) is 11.2. The lowest BCUT2D eigenvalue weighted by Gasteiger charge is -2.25. The van der Waals surface area contributed by atoms with Gasteiger partial charge in [0.05, 0.1) is 23.4 Å². The molecule has 2 aromatic rings. The number of nitrogens with zero attached hydrogens (tertiary/aromatic N) is 3. The number of hydrogen-bond donors (Lipinski definition) is 1. The van der Waals surface area contributed by atoms with Crippen molar-refractivity contribution in [3.63, 3.8) is 0 Å². The Hall–Kier alpha value is -3.35. The Labute approximate surface area is 202 Å². The van der Waals surface area contributed by atoms with E-state index in [1.54, 1.807) is 57.4 Å². The SMILES string of the molecule is CCN(CC)c1ccc(S(=O)(=O)N(CC)CC)cc1NC(=O)C(C#N)=Cc1ccc(OC)cc1. The fourth-order valence-corrected chi connectivity index (χ4v) is 5.02. The average Bonchev–Trinajstić information content (AvgIpc) is 2.84. The second-order valence-electron chi connectivity index (χ2n) is 7.34. The van der Waals surface area contributed by atoms with Crippen molar-refractivity contribution >= 4 is 33.4 Å². The maximum Gasteiger partial charge on any atom is 0.266 e. The van der Waals surface area contributed by atoms with Gasteiger partial charge >= 0.3 is 0 Å². The van der Waals surface area contributed by atoms with Crippen molar-refractivity contribution in [1.29, 1.82) is 5.26 Å². The second-order valence-corrected chi connectivity index (χ2v) is 9.28. The molecule has 0 saturated carbocycles. The van der Waals surface area contributed by atoms with Gasteiger partial charge in [0.2, 0.25) is 10.0 Å². The molecule has 0 aromatic heterocycles. The van der Waals surface area contributed by atoms with Crippen LogP contribution in [0.5, 0.6) is 5.75 Å². The van der Waals surface area contributed by atoms with E-state index >= 15 is 0 Å². The van der Waals surface area contributed by atoms with Crippen LogP contribution in [-0.2, 0) is 14.8 Å². The summed E-state index contributed by atoms with van der Waals surface area (Å²) in [4.78, 5) is 15.1. The first-order valence-corrected chi connectivity index (χ1v) is 12.7. The van der Waals surface area contributed by atoms with Crippen molar-refractivity contribution in [1.82, 2.24) is 4.31 Å². The van der Waals surface area contributed by atoms with Crippen molar-refractivity contribution in [3.8, 4) is 11.8 Å². The molecule has 1 N–H and O–H groups in total. The third-order valence-electron chi connectivity index (χ3n) is 5.46. The van der Waals surface area contributed by atoms with Crippen LogP contribution in [0.4, 0.5) is 11.4 Å². The topological polar surface area (TPSA) is 103 Å². The minimum absolute atomic E-state index is 0.0834. The summed E-state index contributed by atoms with van der Waals surface area (Å²) in [5, 5.41) is 12.4. The number of rotatable bonds is 11. The summed E-state index contributed by atoms with van der Waals surface area (Å²) >= 11 is 0. The number of nitrogens with one attached hydrogen (secondary N) is 1. The zero-order chi connectivity index (χ0) is 25.3. The van der Waals surface area contributed by atoms with Crippen LogP contribution in [0.3, 0.4) is 0 Å². The van der Waals surface area contributed by atoms with Gasteiger partial charge in [-0.15, -0.1) is 0 Å². The van der Waals surface area contributed by atoms with Gasteiger partial charge in [0.25, 0.3) is 5.91 Å². The van der Waals surface area contributed by atoms with Crippen LogP contribution in [0.25, 0.3) is 6.08 Å². The highest BCUT2D eigenvalue weighted by molar-refractivity contribution is 7.89. The summed E-state index contributed by atoms with van der Waals surface area (Å²) in [6.07, 6.45) is 1.47. The van der Waals surface area contributed by atoms with Crippen LogP contribution in [0.15, 0.2) is 52.9 Å². The molecule has 0 heterocycles. The molecule has 34 heavy (non-hydrogen) atoms.